The van der Waals surface area contributed by atoms with Crippen LogP contribution in [-0.2, 0) is 47.6 Å². The maximum Gasteiger partial charge on any atom is 0.339 e. The predicted molar refractivity (Wildman–Crippen MR) is 87.1 cm³/mol. The van der Waals surface area contributed by atoms with Gasteiger partial charge in [-0.2, -0.15) is 0 Å². The fourth-order valence-corrected chi connectivity index (χ4v) is 2.56. The minimum absolute atomic E-state index is 0.140. The molecule has 0 saturated carbocycles. The van der Waals surface area contributed by atoms with Gasteiger partial charge in [0.25, 0.3) is 0 Å². The van der Waals surface area contributed by atoms with Crippen LogP contribution in [0.3, 0.4) is 0 Å². The summed E-state index contributed by atoms with van der Waals surface area (Å²) in [4.78, 5) is 46.6. The van der Waals surface area contributed by atoms with Crippen LogP contribution in [0.1, 0.15) is 20.8 Å². The number of carbonyl (C=O) groups excluding carboxylic acids is 4. The maximum absolute atomic E-state index is 12.1. The van der Waals surface area contributed by atoms with Gasteiger partial charge in [-0.25, -0.2) is 4.79 Å². The number of esters is 4. The highest BCUT2D eigenvalue weighted by atomic mass is 79.9. The second kappa shape index (κ2) is 10.4. The van der Waals surface area contributed by atoms with Crippen LogP contribution in [-0.4, -0.2) is 73.6 Å². The first-order valence-corrected chi connectivity index (χ1v) is 8.75. The van der Waals surface area contributed by atoms with Crippen molar-refractivity contribution in [2.24, 2.45) is 0 Å². The van der Waals surface area contributed by atoms with E-state index in [0.717, 1.165) is 27.9 Å². The molecule has 1 aliphatic heterocycles. The zero-order valence-corrected chi connectivity index (χ0v) is 16.3. The van der Waals surface area contributed by atoms with Gasteiger partial charge < -0.3 is 28.4 Å². The molecule has 1 saturated heterocycles. The van der Waals surface area contributed by atoms with Gasteiger partial charge in [-0.05, 0) is 0 Å². The molecule has 11 heteroatoms. The third kappa shape index (κ3) is 6.22. The number of methoxy groups -OCH3 is 1. The standard InChI is InChI=1S/C15H21BrO10/c1-7(17)23-10-11(24-8(2)18)13(25-9(3)19)15(22-6-5-16)26-12(10)14(20)21-4/h10-13,15H,5-6H2,1-4H3/t10-,11-,12-,13+,15+/m0/s1. The lowest BCUT2D eigenvalue weighted by molar-refractivity contribution is -0.300. The summed E-state index contributed by atoms with van der Waals surface area (Å²) >= 11 is 3.17. The summed E-state index contributed by atoms with van der Waals surface area (Å²) in [5.41, 5.74) is 0. The summed E-state index contributed by atoms with van der Waals surface area (Å²) < 4.78 is 31.1. The van der Waals surface area contributed by atoms with Crippen LogP contribution >= 0.6 is 15.9 Å². The molecule has 0 radical (unpaired) electrons. The number of rotatable bonds is 7. The average Bonchev–Trinajstić information content (AvgIpc) is 2.55. The van der Waals surface area contributed by atoms with Crippen LogP contribution in [0.25, 0.3) is 0 Å². The smallest absolute Gasteiger partial charge is 0.339 e. The van der Waals surface area contributed by atoms with Crippen LogP contribution < -0.4 is 0 Å². The van der Waals surface area contributed by atoms with Gasteiger partial charge in [0.1, 0.15) is 0 Å². The van der Waals surface area contributed by atoms with E-state index in [-0.39, 0.29) is 6.61 Å². The molecule has 0 spiro atoms. The molecular weight excluding hydrogens is 420 g/mol. The van der Waals surface area contributed by atoms with E-state index < -0.39 is 54.6 Å². The molecule has 148 valence electrons. The Kier molecular flexibility index (Phi) is 8.96. The largest absolute Gasteiger partial charge is 0.467 e. The van der Waals surface area contributed by atoms with Crippen molar-refractivity contribution in [2.75, 3.05) is 19.0 Å². The molecular formula is C15H21BrO10. The highest BCUT2D eigenvalue weighted by Gasteiger charge is 2.55. The van der Waals surface area contributed by atoms with Crippen molar-refractivity contribution in [1.29, 1.82) is 0 Å². The molecule has 0 unspecified atom stereocenters. The van der Waals surface area contributed by atoms with Gasteiger partial charge in [-0.1, -0.05) is 15.9 Å². The lowest BCUT2D eigenvalue weighted by atomic mass is 9.97. The van der Waals surface area contributed by atoms with E-state index in [1.165, 1.54) is 0 Å². The number of ether oxygens (including phenoxy) is 6. The summed E-state index contributed by atoms with van der Waals surface area (Å²) in [7, 11) is 1.11. The van der Waals surface area contributed by atoms with Crippen molar-refractivity contribution in [3.63, 3.8) is 0 Å². The first kappa shape index (κ1) is 22.3. The third-order valence-corrected chi connectivity index (χ3v) is 3.52. The predicted octanol–water partition coefficient (Wildman–Crippen LogP) is 0.0909. The second-order valence-electron chi connectivity index (χ2n) is 5.23. The van der Waals surface area contributed by atoms with Crippen LogP contribution in [0.4, 0.5) is 0 Å². The summed E-state index contributed by atoms with van der Waals surface area (Å²) in [6.07, 6.45) is -6.69. The minimum Gasteiger partial charge on any atom is -0.467 e. The van der Waals surface area contributed by atoms with Crippen molar-refractivity contribution in [3.8, 4) is 0 Å². The van der Waals surface area contributed by atoms with E-state index in [9.17, 15) is 19.2 Å². The van der Waals surface area contributed by atoms with Crippen molar-refractivity contribution in [2.45, 2.75) is 51.5 Å². The fourth-order valence-electron chi connectivity index (χ4n) is 2.37. The Balaban J connectivity index is 3.30. The molecule has 0 aromatic heterocycles. The van der Waals surface area contributed by atoms with Gasteiger partial charge >= 0.3 is 23.9 Å². The van der Waals surface area contributed by atoms with Crippen LogP contribution in [0.2, 0.25) is 0 Å². The number of carbonyl (C=O) groups is 4. The number of hydrogen-bond donors (Lipinski definition) is 0. The van der Waals surface area contributed by atoms with Crippen LogP contribution in [0, 0.1) is 0 Å². The quantitative estimate of drug-likeness (QED) is 0.305. The van der Waals surface area contributed by atoms with E-state index in [2.05, 4.69) is 20.7 Å². The van der Waals surface area contributed by atoms with Gasteiger partial charge in [-0.3, -0.25) is 14.4 Å². The molecule has 1 heterocycles. The molecule has 0 bridgehead atoms. The van der Waals surface area contributed by atoms with Crippen molar-refractivity contribution in [3.05, 3.63) is 0 Å². The van der Waals surface area contributed by atoms with E-state index in [0.29, 0.717) is 5.33 Å². The van der Waals surface area contributed by atoms with Crippen molar-refractivity contribution >= 4 is 39.8 Å². The van der Waals surface area contributed by atoms with Gasteiger partial charge in [0.15, 0.2) is 30.7 Å². The van der Waals surface area contributed by atoms with E-state index in [4.69, 9.17) is 23.7 Å². The molecule has 0 amide bonds. The SMILES string of the molecule is COC(=O)[C@H]1O[C@@H](OCCBr)[C@H](OC(C)=O)[C@@H](OC(C)=O)[C@@H]1OC(C)=O. The zero-order chi connectivity index (χ0) is 19.9. The molecule has 1 fully saturated rings. The lowest BCUT2D eigenvalue weighted by Gasteiger charge is -2.43. The lowest BCUT2D eigenvalue weighted by Crippen LogP contribution is -2.63. The number of alkyl halides is 1. The Bertz CT molecular complexity index is 537. The molecule has 10 nitrogen and oxygen atoms in total. The Morgan fingerprint density at radius 2 is 1.38 bits per heavy atom. The Morgan fingerprint density at radius 1 is 0.885 bits per heavy atom. The highest BCUT2D eigenvalue weighted by Crippen LogP contribution is 2.30. The normalized spacial score (nSPS) is 28.0. The molecule has 5 atom stereocenters. The van der Waals surface area contributed by atoms with Crippen molar-refractivity contribution < 1.29 is 47.6 Å². The molecule has 26 heavy (non-hydrogen) atoms. The summed E-state index contributed by atoms with van der Waals surface area (Å²) in [6.45, 7) is 3.50. The monoisotopic (exact) mass is 440 g/mol. The zero-order valence-electron chi connectivity index (χ0n) is 14.8. The van der Waals surface area contributed by atoms with E-state index >= 15 is 0 Å². The summed E-state index contributed by atoms with van der Waals surface area (Å²) in [5.74, 6) is -3.08. The number of hydrogen-bond acceptors (Lipinski definition) is 10. The van der Waals surface area contributed by atoms with Gasteiger partial charge in [0, 0.05) is 26.1 Å². The van der Waals surface area contributed by atoms with Gasteiger partial charge in [0.05, 0.1) is 13.7 Å². The Morgan fingerprint density at radius 3 is 1.85 bits per heavy atom. The fraction of sp³-hybridized carbons (Fsp3) is 0.733. The number of halogens is 1. The second-order valence-corrected chi connectivity index (χ2v) is 6.02. The first-order valence-electron chi connectivity index (χ1n) is 7.63. The topological polar surface area (TPSA) is 124 Å². The van der Waals surface area contributed by atoms with E-state index in [1.807, 2.05) is 0 Å². The molecule has 0 aromatic rings. The van der Waals surface area contributed by atoms with Crippen LogP contribution in [0.5, 0.6) is 0 Å². The van der Waals surface area contributed by atoms with Crippen LogP contribution in [0.15, 0.2) is 0 Å². The van der Waals surface area contributed by atoms with Crippen molar-refractivity contribution in [1.82, 2.24) is 0 Å². The summed E-state index contributed by atoms with van der Waals surface area (Å²) in [5, 5.41) is 0.425. The third-order valence-electron chi connectivity index (χ3n) is 3.19. The Hall–Kier alpha value is -1.72. The molecule has 0 aliphatic carbocycles. The summed E-state index contributed by atoms with van der Waals surface area (Å²) in [6, 6.07) is 0. The molecule has 1 rings (SSSR count). The molecule has 1 aliphatic rings. The van der Waals surface area contributed by atoms with Gasteiger partial charge in [0.2, 0.25) is 0 Å². The van der Waals surface area contributed by atoms with E-state index in [1.54, 1.807) is 0 Å². The minimum atomic E-state index is -1.44. The maximum atomic E-state index is 12.1. The first-order chi connectivity index (χ1) is 12.2. The van der Waals surface area contributed by atoms with Gasteiger partial charge in [-0.15, -0.1) is 0 Å². The average molecular weight is 441 g/mol. The highest BCUT2D eigenvalue weighted by molar-refractivity contribution is 9.09. The Labute approximate surface area is 158 Å². The molecule has 0 N–H and O–H groups in total. The molecule has 0 aromatic carbocycles.